The van der Waals surface area contributed by atoms with E-state index in [1.54, 1.807) is 15.8 Å². The topological polar surface area (TPSA) is 63.6 Å². The summed E-state index contributed by atoms with van der Waals surface area (Å²) < 4.78 is 7.36. The van der Waals surface area contributed by atoms with Crippen LogP contribution in [0.4, 0.5) is 0 Å². The van der Waals surface area contributed by atoms with Crippen molar-refractivity contribution in [1.29, 1.82) is 0 Å². The monoisotopic (exact) mass is 371 g/mol. The average molecular weight is 371 g/mol. The molecule has 2 aromatic rings. The molecule has 26 heavy (non-hydrogen) atoms. The van der Waals surface area contributed by atoms with Crippen LogP contribution in [0, 0.1) is 0 Å². The number of aromatic nitrogens is 1. The Morgan fingerprint density at radius 3 is 2.73 bits per heavy atom. The summed E-state index contributed by atoms with van der Waals surface area (Å²) in [7, 11) is 0. The van der Waals surface area contributed by atoms with Gasteiger partial charge in [-0.05, 0) is 18.4 Å². The van der Waals surface area contributed by atoms with E-state index in [0.717, 1.165) is 16.6 Å². The van der Waals surface area contributed by atoms with E-state index >= 15 is 0 Å². The average Bonchev–Trinajstić information content (AvgIpc) is 3.48. The zero-order valence-corrected chi connectivity index (χ0v) is 15.2. The maximum atomic E-state index is 12.9. The lowest BCUT2D eigenvalue weighted by molar-refractivity contribution is 0.0730. The maximum Gasteiger partial charge on any atom is 0.277 e. The molecule has 1 N–H and O–H groups in total. The molecule has 1 fully saturated rings. The normalized spacial score (nSPS) is 16.2. The summed E-state index contributed by atoms with van der Waals surface area (Å²) in [6.07, 6.45) is 4.15. The van der Waals surface area contributed by atoms with Crippen molar-refractivity contribution < 1.29 is 9.53 Å². The van der Waals surface area contributed by atoms with Crippen molar-refractivity contribution in [3.05, 3.63) is 64.1 Å². The number of rotatable bonds is 7. The van der Waals surface area contributed by atoms with Crippen LogP contribution in [0.25, 0.3) is 0 Å². The van der Waals surface area contributed by atoms with Gasteiger partial charge in [-0.15, -0.1) is 0 Å². The second kappa shape index (κ2) is 7.45. The molecule has 1 aromatic carbocycles. The molecule has 2 heterocycles. The zero-order valence-electron chi connectivity index (χ0n) is 14.4. The largest absolute Gasteiger partial charge is 0.482 e. The number of fused-ring (bicyclic) bond motifs is 1. The summed E-state index contributed by atoms with van der Waals surface area (Å²) in [5.74, 6) is 0.851. The van der Waals surface area contributed by atoms with E-state index in [1.165, 1.54) is 18.9 Å². The van der Waals surface area contributed by atoms with Gasteiger partial charge in [0.05, 0.1) is 0 Å². The molecular formula is C19H21N3O3S. The molecule has 0 bridgehead atoms. The maximum absolute atomic E-state index is 12.9. The lowest BCUT2D eigenvalue weighted by Crippen LogP contribution is -2.47. The molecule has 4 rings (SSSR count). The van der Waals surface area contributed by atoms with Crippen LogP contribution in [0.3, 0.4) is 0 Å². The summed E-state index contributed by atoms with van der Waals surface area (Å²) in [6.45, 7) is 1.34. The first-order valence-corrected chi connectivity index (χ1v) is 9.84. The molecule has 1 aromatic heterocycles. The Labute approximate surface area is 156 Å². The van der Waals surface area contributed by atoms with Crippen molar-refractivity contribution in [2.24, 2.45) is 0 Å². The minimum absolute atomic E-state index is 0.105. The molecule has 0 unspecified atom stereocenters. The SMILES string of the molecule is O=C1c2c(OCc3ccccc3)c(=O)ccn2NCN1CCSC1CC1. The molecule has 2 aliphatic rings. The quantitative estimate of drug-likeness (QED) is 0.809. The molecule has 1 amide bonds. The Kier molecular flexibility index (Phi) is 4.88. The second-order valence-electron chi connectivity index (χ2n) is 6.46. The van der Waals surface area contributed by atoms with E-state index in [0.29, 0.717) is 13.2 Å². The van der Waals surface area contributed by atoms with Crippen LogP contribution in [0.15, 0.2) is 47.4 Å². The second-order valence-corrected chi connectivity index (χ2v) is 7.87. The Morgan fingerprint density at radius 1 is 1.15 bits per heavy atom. The first kappa shape index (κ1) is 17.0. The van der Waals surface area contributed by atoms with Crippen LogP contribution in [-0.4, -0.2) is 39.7 Å². The van der Waals surface area contributed by atoms with Crippen molar-refractivity contribution in [3.8, 4) is 5.75 Å². The number of nitrogens with zero attached hydrogens (tertiary/aromatic N) is 2. The smallest absolute Gasteiger partial charge is 0.277 e. The summed E-state index contributed by atoms with van der Waals surface area (Å²) in [4.78, 5) is 27.0. The minimum Gasteiger partial charge on any atom is -0.482 e. The van der Waals surface area contributed by atoms with Gasteiger partial charge in [0.25, 0.3) is 5.91 Å². The zero-order chi connectivity index (χ0) is 17.9. The number of carbonyl (C=O) groups is 1. The predicted octanol–water partition coefficient (Wildman–Crippen LogP) is 2.28. The molecule has 1 aliphatic carbocycles. The van der Waals surface area contributed by atoms with Crippen LogP contribution >= 0.6 is 11.8 Å². The van der Waals surface area contributed by atoms with Gasteiger partial charge in [0.15, 0.2) is 11.4 Å². The fourth-order valence-corrected chi connectivity index (χ4v) is 3.98. The van der Waals surface area contributed by atoms with E-state index in [2.05, 4.69) is 5.43 Å². The number of ether oxygens (including phenoxy) is 1. The minimum atomic E-state index is -0.281. The molecule has 0 spiro atoms. The lowest BCUT2D eigenvalue weighted by Gasteiger charge is -2.31. The van der Waals surface area contributed by atoms with Gasteiger partial charge in [-0.1, -0.05) is 30.3 Å². The van der Waals surface area contributed by atoms with Gasteiger partial charge in [0, 0.05) is 29.8 Å². The molecule has 7 heteroatoms. The standard InChI is InChI=1S/C19H21N3O3S/c23-16-8-9-22-17(18(16)25-12-14-4-2-1-3-5-14)19(24)21(13-20-22)10-11-26-15-6-7-15/h1-5,8-9,15,20H,6-7,10-13H2. The molecule has 1 aliphatic heterocycles. The first-order chi connectivity index (χ1) is 12.7. The van der Waals surface area contributed by atoms with Crippen molar-refractivity contribution >= 4 is 17.7 Å². The van der Waals surface area contributed by atoms with Gasteiger partial charge in [-0.3, -0.25) is 14.3 Å². The molecule has 0 atom stereocenters. The van der Waals surface area contributed by atoms with E-state index in [1.807, 2.05) is 42.1 Å². The summed E-state index contributed by atoms with van der Waals surface area (Å²) in [6, 6.07) is 11.0. The van der Waals surface area contributed by atoms with Gasteiger partial charge in [-0.25, -0.2) is 0 Å². The number of hydrogen-bond acceptors (Lipinski definition) is 5. The Bertz CT molecular complexity index is 849. The number of benzene rings is 1. The molecular weight excluding hydrogens is 350 g/mol. The van der Waals surface area contributed by atoms with Crippen LogP contribution in [0.1, 0.15) is 28.9 Å². The van der Waals surface area contributed by atoms with Gasteiger partial charge < -0.3 is 15.1 Å². The highest BCUT2D eigenvalue weighted by atomic mass is 32.2. The first-order valence-electron chi connectivity index (χ1n) is 8.79. The number of hydrogen-bond donors (Lipinski definition) is 1. The van der Waals surface area contributed by atoms with Crippen LogP contribution in [-0.2, 0) is 6.61 Å². The number of thioether (sulfide) groups is 1. The summed E-state index contributed by atoms with van der Waals surface area (Å²) in [5, 5.41) is 0.766. The Hall–Kier alpha value is -2.41. The van der Waals surface area contributed by atoms with Crippen LogP contribution in [0.2, 0.25) is 0 Å². The fourth-order valence-electron chi connectivity index (χ4n) is 2.85. The van der Waals surface area contributed by atoms with Crippen molar-refractivity contribution in [2.45, 2.75) is 24.7 Å². The van der Waals surface area contributed by atoms with E-state index in [9.17, 15) is 9.59 Å². The number of carbonyl (C=O) groups excluding carboxylic acids is 1. The Morgan fingerprint density at radius 2 is 1.96 bits per heavy atom. The van der Waals surface area contributed by atoms with E-state index in [4.69, 9.17) is 4.74 Å². The van der Waals surface area contributed by atoms with Gasteiger partial charge >= 0.3 is 0 Å². The number of pyridine rings is 1. The van der Waals surface area contributed by atoms with E-state index in [-0.39, 0.29) is 29.4 Å². The number of nitrogens with one attached hydrogen (secondary N) is 1. The van der Waals surface area contributed by atoms with Crippen molar-refractivity contribution in [1.82, 2.24) is 9.58 Å². The molecule has 0 radical (unpaired) electrons. The third-order valence-electron chi connectivity index (χ3n) is 4.44. The van der Waals surface area contributed by atoms with Crippen molar-refractivity contribution in [2.75, 3.05) is 24.4 Å². The molecule has 0 saturated heterocycles. The highest BCUT2D eigenvalue weighted by Crippen LogP contribution is 2.33. The van der Waals surface area contributed by atoms with Crippen LogP contribution in [0.5, 0.6) is 5.75 Å². The summed E-state index contributed by atoms with van der Waals surface area (Å²) in [5.41, 5.74) is 4.10. The number of amides is 1. The fraction of sp³-hybridized carbons (Fsp3) is 0.368. The third-order valence-corrected chi connectivity index (χ3v) is 5.80. The Balaban J connectivity index is 1.52. The third kappa shape index (κ3) is 3.72. The van der Waals surface area contributed by atoms with Gasteiger partial charge in [0.2, 0.25) is 5.43 Å². The van der Waals surface area contributed by atoms with Crippen LogP contribution < -0.4 is 15.6 Å². The van der Waals surface area contributed by atoms with Crippen molar-refractivity contribution in [3.63, 3.8) is 0 Å². The summed E-state index contributed by atoms with van der Waals surface area (Å²) >= 11 is 1.91. The lowest BCUT2D eigenvalue weighted by atomic mass is 10.2. The van der Waals surface area contributed by atoms with E-state index < -0.39 is 0 Å². The van der Waals surface area contributed by atoms with Gasteiger partial charge in [-0.2, -0.15) is 11.8 Å². The van der Waals surface area contributed by atoms with Gasteiger partial charge in [0.1, 0.15) is 13.3 Å². The highest BCUT2D eigenvalue weighted by molar-refractivity contribution is 8.00. The molecule has 6 nitrogen and oxygen atoms in total. The predicted molar refractivity (Wildman–Crippen MR) is 102 cm³/mol. The highest BCUT2D eigenvalue weighted by Gasteiger charge is 2.29. The molecule has 136 valence electrons. The molecule has 1 saturated carbocycles.